The van der Waals surface area contributed by atoms with E-state index in [-0.39, 0.29) is 5.56 Å². The van der Waals surface area contributed by atoms with Gasteiger partial charge in [-0.2, -0.15) is 0 Å². The van der Waals surface area contributed by atoms with Crippen LogP contribution in [0.4, 0.5) is 0 Å². The maximum atomic E-state index is 12.7. The molecule has 4 nitrogen and oxygen atoms in total. The van der Waals surface area contributed by atoms with Crippen molar-refractivity contribution in [3.63, 3.8) is 0 Å². The van der Waals surface area contributed by atoms with Gasteiger partial charge in [-0.3, -0.25) is 4.79 Å². The lowest BCUT2D eigenvalue weighted by Crippen LogP contribution is -2.16. The summed E-state index contributed by atoms with van der Waals surface area (Å²) in [6.45, 7) is 2.73. The summed E-state index contributed by atoms with van der Waals surface area (Å²) in [5.74, 6) is 0.687. The second-order valence-corrected chi connectivity index (χ2v) is 6.61. The van der Waals surface area contributed by atoms with Gasteiger partial charge < -0.3 is 4.57 Å². The van der Waals surface area contributed by atoms with Crippen LogP contribution in [-0.2, 0) is 13.0 Å². The van der Waals surface area contributed by atoms with Crippen LogP contribution >= 0.6 is 11.6 Å². The summed E-state index contributed by atoms with van der Waals surface area (Å²) >= 11 is 6.00. The van der Waals surface area contributed by atoms with Crippen LogP contribution in [0.2, 0.25) is 5.02 Å². The smallest absolute Gasteiger partial charge is 0.259 e. The zero-order chi connectivity index (χ0) is 17.4. The molecule has 2 aromatic carbocycles. The van der Waals surface area contributed by atoms with Crippen molar-refractivity contribution < 1.29 is 0 Å². The zero-order valence-electron chi connectivity index (χ0n) is 13.9. The van der Waals surface area contributed by atoms with Gasteiger partial charge in [0, 0.05) is 16.8 Å². The molecule has 0 aliphatic rings. The molecule has 0 spiro atoms. The van der Waals surface area contributed by atoms with Gasteiger partial charge in [0.05, 0.1) is 17.6 Å². The van der Waals surface area contributed by atoms with Gasteiger partial charge in [0.2, 0.25) is 5.78 Å². The van der Waals surface area contributed by atoms with E-state index in [1.165, 1.54) is 0 Å². The van der Waals surface area contributed by atoms with Crippen molar-refractivity contribution in [2.24, 2.45) is 0 Å². The summed E-state index contributed by atoms with van der Waals surface area (Å²) in [6.07, 6.45) is 1.76. The third kappa shape index (κ3) is 2.83. The van der Waals surface area contributed by atoms with Crippen molar-refractivity contribution >= 4 is 28.4 Å². The molecule has 0 amide bonds. The van der Waals surface area contributed by atoms with E-state index in [0.29, 0.717) is 17.3 Å². The van der Waals surface area contributed by atoms with Gasteiger partial charge in [0.25, 0.3) is 5.56 Å². The van der Waals surface area contributed by atoms with Crippen molar-refractivity contribution in [3.05, 3.63) is 81.2 Å². The summed E-state index contributed by atoms with van der Waals surface area (Å²) in [4.78, 5) is 17.5. The third-order valence-electron chi connectivity index (χ3n) is 4.37. The lowest BCUT2D eigenvalue weighted by Gasteiger charge is -2.07. The van der Waals surface area contributed by atoms with Crippen LogP contribution in [0.15, 0.2) is 59.4 Å². The first-order valence-electron chi connectivity index (χ1n) is 8.41. The van der Waals surface area contributed by atoms with Crippen molar-refractivity contribution in [1.29, 1.82) is 0 Å². The van der Waals surface area contributed by atoms with Gasteiger partial charge in [-0.25, -0.2) is 9.38 Å². The first-order valence-corrected chi connectivity index (χ1v) is 8.79. The fourth-order valence-corrected chi connectivity index (χ4v) is 3.35. The quantitative estimate of drug-likeness (QED) is 0.549. The van der Waals surface area contributed by atoms with Crippen LogP contribution < -0.4 is 5.56 Å². The first kappa shape index (κ1) is 15.9. The van der Waals surface area contributed by atoms with E-state index in [9.17, 15) is 4.79 Å². The Morgan fingerprint density at radius 2 is 1.76 bits per heavy atom. The highest BCUT2D eigenvalue weighted by Gasteiger charge is 2.14. The van der Waals surface area contributed by atoms with Crippen LogP contribution in [0, 0.1) is 0 Å². The largest absolute Gasteiger partial charge is 0.305 e. The van der Waals surface area contributed by atoms with Crippen molar-refractivity contribution in [3.8, 4) is 0 Å². The molecule has 0 aliphatic carbocycles. The lowest BCUT2D eigenvalue weighted by molar-refractivity contribution is 0.809. The Bertz CT molecular complexity index is 1110. The van der Waals surface area contributed by atoms with Gasteiger partial charge >= 0.3 is 0 Å². The minimum atomic E-state index is -0.0282. The highest BCUT2D eigenvalue weighted by Crippen LogP contribution is 2.21. The average Bonchev–Trinajstić information content (AvgIpc) is 2.92. The van der Waals surface area contributed by atoms with Crippen LogP contribution in [0.1, 0.15) is 24.6 Å². The Kier molecular flexibility index (Phi) is 4.06. The molecule has 5 heteroatoms. The summed E-state index contributed by atoms with van der Waals surface area (Å²) in [5, 5.41) is 0.713. The monoisotopic (exact) mass is 351 g/mol. The highest BCUT2D eigenvalue weighted by atomic mass is 35.5. The molecule has 0 atom stereocenters. The molecule has 0 aliphatic heterocycles. The minimum Gasteiger partial charge on any atom is -0.305 e. The number of rotatable bonds is 4. The highest BCUT2D eigenvalue weighted by molar-refractivity contribution is 6.30. The first-order chi connectivity index (χ1) is 12.2. The van der Waals surface area contributed by atoms with Gasteiger partial charge in [0.1, 0.15) is 0 Å². The molecule has 2 heterocycles. The Labute approximate surface area is 150 Å². The predicted octanol–water partition coefficient (Wildman–Crippen LogP) is 4.30. The molecule has 126 valence electrons. The molecule has 25 heavy (non-hydrogen) atoms. The molecule has 4 aromatic rings. The standard InChI is InChI=1S/C20H18ClN3O/c1-2-5-16-12-19(25)24-18-7-4-3-6-17(18)23(20(24)22-16)13-14-8-10-15(21)11-9-14/h3-4,6-12H,2,5,13H2,1H3. The summed E-state index contributed by atoms with van der Waals surface area (Å²) in [7, 11) is 0. The number of hydrogen-bond donors (Lipinski definition) is 0. The molecule has 0 unspecified atom stereocenters. The van der Waals surface area contributed by atoms with Gasteiger partial charge in [-0.15, -0.1) is 0 Å². The minimum absolute atomic E-state index is 0.0282. The molecule has 0 saturated heterocycles. The molecule has 4 rings (SSSR count). The number of aromatic nitrogens is 3. The number of hydrogen-bond acceptors (Lipinski definition) is 2. The number of aryl methyl sites for hydroxylation is 1. The van der Waals surface area contributed by atoms with Crippen LogP contribution in [0.25, 0.3) is 16.8 Å². The van der Waals surface area contributed by atoms with E-state index in [1.54, 1.807) is 10.5 Å². The molecule has 0 fully saturated rings. The number of imidazole rings is 1. The van der Waals surface area contributed by atoms with Crippen LogP contribution in [0.3, 0.4) is 0 Å². The second kappa shape index (κ2) is 6.37. The van der Waals surface area contributed by atoms with E-state index in [4.69, 9.17) is 16.6 Å². The second-order valence-electron chi connectivity index (χ2n) is 6.17. The molecule has 0 N–H and O–H groups in total. The number of nitrogens with zero attached hydrogens (tertiary/aromatic N) is 3. The number of benzene rings is 2. The predicted molar refractivity (Wildman–Crippen MR) is 102 cm³/mol. The topological polar surface area (TPSA) is 39.3 Å². The molecule has 0 saturated carbocycles. The van der Waals surface area contributed by atoms with Gasteiger partial charge in [0.15, 0.2) is 0 Å². The van der Waals surface area contributed by atoms with Gasteiger partial charge in [-0.05, 0) is 36.2 Å². The van der Waals surface area contributed by atoms with Crippen molar-refractivity contribution in [2.45, 2.75) is 26.3 Å². The maximum Gasteiger partial charge on any atom is 0.259 e. The van der Waals surface area contributed by atoms with E-state index in [1.807, 2.05) is 48.5 Å². The maximum absolute atomic E-state index is 12.7. The lowest BCUT2D eigenvalue weighted by atomic mass is 10.2. The fourth-order valence-electron chi connectivity index (χ4n) is 3.23. The number of fused-ring (bicyclic) bond motifs is 3. The Morgan fingerprint density at radius 3 is 2.48 bits per heavy atom. The number of halogens is 1. The summed E-state index contributed by atoms with van der Waals surface area (Å²) in [6, 6.07) is 17.3. The normalized spacial score (nSPS) is 11.4. The van der Waals surface area contributed by atoms with Crippen molar-refractivity contribution in [2.75, 3.05) is 0 Å². The van der Waals surface area contributed by atoms with Crippen molar-refractivity contribution in [1.82, 2.24) is 14.0 Å². The Hall–Kier alpha value is -2.59. The molecule has 0 radical (unpaired) electrons. The van der Waals surface area contributed by atoms with Crippen LogP contribution in [0.5, 0.6) is 0 Å². The molecule has 0 bridgehead atoms. The molecule has 2 aromatic heterocycles. The van der Waals surface area contributed by atoms with E-state index < -0.39 is 0 Å². The molecular formula is C20H18ClN3O. The summed E-state index contributed by atoms with van der Waals surface area (Å²) < 4.78 is 3.80. The van der Waals surface area contributed by atoms with Crippen LogP contribution in [-0.4, -0.2) is 14.0 Å². The zero-order valence-corrected chi connectivity index (χ0v) is 14.7. The van der Waals surface area contributed by atoms with E-state index in [2.05, 4.69) is 11.5 Å². The van der Waals surface area contributed by atoms with E-state index >= 15 is 0 Å². The average molecular weight is 352 g/mol. The SMILES string of the molecule is CCCc1cc(=O)n2c3ccccc3n(Cc3ccc(Cl)cc3)c2n1. The Morgan fingerprint density at radius 1 is 1.04 bits per heavy atom. The third-order valence-corrected chi connectivity index (χ3v) is 4.62. The van der Waals surface area contributed by atoms with Gasteiger partial charge in [-0.1, -0.05) is 49.2 Å². The molecular weight excluding hydrogens is 334 g/mol. The summed E-state index contributed by atoms with van der Waals surface area (Å²) in [5.41, 5.74) is 3.80. The Balaban J connectivity index is 1.99. The fraction of sp³-hybridized carbons (Fsp3) is 0.200. The number of para-hydroxylation sites is 2. The van der Waals surface area contributed by atoms with E-state index in [0.717, 1.165) is 35.1 Å².